The molecular formula is C28H60IP. The van der Waals surface area contributed by atoms with E-state index in [2.05, 4.69) is 27.7 Å². The molecule has 0 aliphatic rings. The molecule has 0 rings (SSSR count). The Kier molecular flexibility index (Phi) is 29.3. The Morgan fingerprint density at radius 2 is 0.500 bits per heavy atom. The van der Waals surface area contributed by atoms with E-state index in [4.69, 9.17) is 0 Å². The summed E-state index contributed by atoms with van der Waals surface area (Å²) in [6.07, 6.45) is 36.1. The second-order valence-electron chi connectivity index (χ2n) is 9.89. The third-order valence-electron chi connectivity index (χ3n) is 6.94. The van der Waals surface area contributed by atoms with Gasteiger partial charge >= 0.3 is 0 Å². The molecule has 0 aromatic heterocycles. The highest BCUT2D eigenvalue weighted by molar-refractivity contribution is 7.75. The van der Waals surface area contributed by atoms with Crippen LogP contribution in [0.1, 0.15) is 156 Å². The summed E-state index contributed by atoms with van der Waals surface area (Å²) >= 11 is 0. The van der Waals surface area contributed by atoms with Crippen LogP contribution in [0.15, 0.2) is 0 Å². The molecule has 0 spiro atoms. The van der Waals surface area contributed by atoms with Crippen molar-refractivity contribution in [1.29, 1.82) is 0 Å². The summed E-state index contributed by atoms with van der Waals surface area (Å²) in [5.41, 5.74) is 0. The number of hydrogen-bond donors (Lipinski definition) is 0. The first-order valence-electron chi connectivity index (χ1n) is 14.1. The van der Waals surface area contributed by atoms with Gasteiger partial charge in [0.15, 0.2) is 0 Å². The van der Waals surface area contributed by atoms with Gasteiger partial charge in [-0.3, -0.25) is 0 Å². The van der Waals surface area contributed by atoms with E-state index in [0.29, 0.717) is 0 Å². The van der Waals surface area contributed by atoms with E-state index in [9.17, 15) is 0 Å². The number of rotatable bonds is 24. The molecule has 0 aliphatic heterocycles. The highest BCUT2D eigenvalue weighted by Gasteiger charge is 2.34. The minimum absolute atomic E-state index is 0. The van der Waals surface area contributed by atoms with Crippen molar-refractivity contribution < 1.29 is 24.0 Å². The summed E-state index contributed by atoms with van der Waals surface area (Å²) in [6, 6.07) is 0. The second kappa shape index (κ2) is 26.4. The Bertz CT molecular complexity index is 244. The van der Waals surface area contributed by atoms with Crippen LogP contribution in [0.5, 0.6) is 0 Å². The molecule has 0 amide bonds. The zero-order chi connectivity index (χ0) is 21.5. The summed E-state index contributed by atoms with van der Waals surface area (Å²) in [4.78, 5) is 0. The van der Waals surface area contributed by atoms with E-state index in [0.717, 1.165) is 0 Å². The predicted octanol–water partition coefficient (Wildman–Crippen LogP) is 7.89. The fourth-order valence-electron chi connectivity index (χ4n) is 4.87. The van der Waals surface area contributed by atoms with Crippen LogP contribution in [0.25, 0.3) is 0 Å². The molecule has 0 aliphatic carbocycles. The molecule has 2 heteroatoms. The molecule has 0 heterocycles. The average molecular weight is 555 g/mol. The topological polar surface area (TPSA) is 0 Å². The quantitative estimate of drug-likeness (QED) is 0.0647. The highest BCUT2D eigenvalue weighted by atomic mass is 127. The predicted molar refractivity (Wildman–Crippen MR) is 141 cm³/mol. The van der Waals surface area contributed by atoms with Gasteiger partial charge in [-0.2, -0.15) is 0 Å². The van der Waals surface area contributed by atoms with Crippen molar-refractivity contribution in [3.8, 4) is 0 Å². The lowest BCUT2D eigenvalue weighted by Crippen LogP contribution is -3.00. The normalized spacial score (nSPS) is 11.6. The molecule has 0 nitrogen and oxygen atoms in total. The Morgan fingerprint density at radius 1 is 0.300 bits per heavy atom. The van der Waals surface area contributed by atoms with Gasteiger partial charge < -0.3 is 24.0 Å². The zero-order valence-corrected chi connectivity index (χ0v) is 24.8. The summed E-state index contributed by atoms with van der Waals surface area (Å²) in [6.45, 7) is 9.39. The molecule has 0 N–H and O–H groups in total. The minimum atomic E-state index is -0.691. The number of unbranched alkanes of at least 4 members (excludes halogenated alkanes) is 16. The summed E-state index contributed by atoms with van der Waals surface area (Å²) < 4.78 is 0. The van der Waals surface area contributed by atoms with Crippen molar-refractivity contribution in [3.05, 3.63) is 0 Å². The Balaban J connectivity index is 0. The monoisotopic (exact) mass is 554 g/mol. The zero-order valence-electron chi connectivity index (χ0n) is 21.8. The van der Waals surface area contributed by atoms with Crippen LogP contribution in [0, 0.1) is 0 Å². The lowest BCUT2D eigenvalue weighted by Gasteiger charge is -2.28. The van der Waals surface area contributed by atoms with Crippen molar-refractivity contribution in [2.45, 2.75) is 156 Å². The van der Waals surface area contributed by atoms with Crippen molar-refractivity contribution in [2.75, 3.05) is 24.6 Å². The van der Waals surface area contributed by atoms with Crippen molar-refractivity contribution >= 4 is 7.26 Å². The van der Waals surface area contributed by atoms with Gasteiger partial charge in [-0.05, 0) is 51.4 Å². The fraction of sp³-hybridized carbons (Fsp3) is 1.00. The van der Waals surface area contributed by atoms with E-state index in [-0.39, 0.29) is 24.0 Å². The molecule has 0 aromatic rings. The van der Waals surface area contributed by atoms with Crippen LogP contribution in [0.2, 0.25) is 0 Å². The largest absolute Gasteiger partial charge is 1.00 e. The number of hydrogen-bond acceptors (Lipinski definition) is 0. The summed E-state index contributed by atoms with van der Waals surface area (Å²) in [5.74, 6) is 0. The van der Waals surface area contributed by atoms with E-state index < -0.39 is 7.26 Å². The van der Waals surface area contributed by atoms with Crippen molar-refractivity contribution in [3.63, 3.8) is 0 Å². The average Bonchev–Trinajstić information content (AvgIpc) is 2.73. The number of halogens is 1. The van der Waals surface area contributed by atoms with Crippen LogP contribution in [-0.2, 0) is 0 Å². The maximum Gasteiger partial charge on any atom is 0.0594 e. The van der Waals surface area contributed by atoms with Gasteiger partial charge in [-0.15, -0.1) is 0 Å². The molecule has 30 heavy (non-hydrogen) atoms. The van der Waals surface area contributed by atoms with Gasteiger partial charge in [0.25, 0.3) is 0 Å². The standard InChI is InChI=1S/C28H60P.HI/c1-5-9-13-17-21-25-29(26-22-18-14-10-6-2,27-23-19-15-11-7-3)28-24-20-16-12-8-4;/h5-28H2,1-4H3;1H/q+1;/p-1. The third-order valence-corrected chi connectivity index (χ3v) is 12.0. The highest BCUT2D eigenvalue weighted by Crippen LogP contribution is 2.61. The molecule has 0 bridgehead atoms. The van der Waals surface area contributed by atoms with Gasteiger partial charge in [0.1, 0.15) is 0 Å². The third kappa shape index (κ3) is 21.0. The second-order valence-corrected chi connectivity index (χ2v) is 14.4. The molecule has 184 valence electrons. The van der Waals surface area contributed by atoms with Crippen molar-refractivity contribution in [1.82, 2.24) is 0 Å². The lowest BCUT2D eigenvalue weighted by atomic mass is 10.2. The molecule has 0 atom stereocenters. The Hall–Kier alpha value is 1.16. The first kappa shape index (κ1) is 33.3. The van der Waals surface area contributed by atoms with Crippen LogP contribution in [0.4, 0.5) is 0 Å². The minimum Gasteiger partial charge on any atom is -1.00 e. The van der Waals surface area contributed by atoms with Crippen LogP contribution < -0.4 is 24.0 Å². The van der Waals surface area contributed by atoms with Crippen LogP contribution in [-0.4, -0.2) is 24.6 Å². The van der Waals surface area contributed by atoms with Crippen LogP contribution in [0.3, 0.4) is 0 Å². The molecule has 0 saturated carbocycles. The molecule has 0 radical (unpaired) electrons. The lowest BCUT2D eigenvalue weighted by molar-refractivity contribution is -0.00000668. The molecule has 0 saturated heterocycles. The Labute approximate surface area is 211 Å². The van der Waals surface area contributed by atoms with Gasteiger partial charge in [-0.1, -0.05) is 105 Å². The summed E-state index contributed by atoms with van der Waals surface area (Å²) in [5, 5.41) is 0. The SMILES string of the molecule is CCCCCCC[P+](CCCCCCC)(CCCCCCC)CCCCCCC.[I-]. The summed E-state index contributed by atoms with van der Waals surface area (Å²) in [7, 11) is -0.691. The maximum absolute atomic E-state index is 2.35. The van der Waals surface area contributed by atoms with E-state index in [1.807, 2.05) is 0 Å². The fourth-order valence-corrected chi connectivity index (χ4v) is 9.79. The molecule has 0 fully saturated rings. The van der Waals surface area contributed by atoms with Gasteiger partial charge in [0, 0.05) is 7.26 Å². The van der Waals surface area contributed by atoms with E-state index in [1.165, 1.54) is 103 Å². The first-order valence-corrected chi connectivity index (χ1v) is 16.6. The molecular weight excluding hydrogens is 494 g/mol. The molecule has 0 aromatic carbocycles. The maximum atomic E-state index is 2.35. The van der Waals surface area contributed by atoms with Gasteiger partial charge in [-0.25, -0.2) is 0 Å². The van der Waals surface area contributed by atoms with E-state index in [1.54, 1.807) is 50.3 Å². The van der Waals surface area contributed by atoms with Crippen LogP contribution >= 0.6 is 7.26 Å². The smallest absolute Gasteiger partial charge is 0.0594 e. The van der Waals surface area contributed by atoms with Gasteiger partial charge in [0.05, 0.1) is 24.6 Å². The van der Waals surface area contributed by atoms with Gasteiger partial charge in [0.2, 0.25) is 0 Å². The van der Waals surface area contributed by atoms with Crippen molar-refractivity contribution in [2.24, 2.45) is 0 Å². The first-order chi connectivity index (χ1) is 14.2. The molecule has 0 unspecified atom stereocenters. The van der Waals surface area contributed by atoms with E-state index >= 15 is 0 Å². The Morgan fingerprint density at radius 3 is 0.700 bits per heavy atom.